The highest BCUT2D eigenvalue weighted by Gasteiger charge is 2.19. The van der Waals surface area contributed by atoms with Gasteiger partial charge in [-0.2, -0.15) is 0 Å². The molecule has 3 nitrogen and oxygen atoms in total. The molecule has 2 aromatic rings. The van der Waals surface area contributed by atoms with E-state index in [4.69, 9.17) is 10.5 Å². The second kappa shape index (κ2) is 5.84. The van der Waals surface area contributed by atoms with Crippen molar-refractivity contribution in [3.63, 3.8) is 0 Å². The van der Waals surface area contributed by atoms with Crippen LogP contribution in [-0.2, 0) is 19.3 Å². The van der Waals surface area contributed by atoms with E-state index < -0.39 is 0 Å². The molecular weight excluding hydrogens is 336 g/mol. The fourth-order valence-corrected chi connectivity index (χ4v) is 3.80. The molecule has 0 aliphatic carbocycles. The third kappa shape index (κ3) is 3.05. The van der Waals surface area contributed by atoms with E-state index in [2.05, 4.69) is 38.4 Å². The summed E-state index contributed by atoms with van der Waals surface area (Å²) >= 11 is 5.25. The Balaban J connectivity index is 1.74. The summed E-state index contributed by atoms with van der Waals surface area (Å²) in [7, 11) is 0. The Kier molecular flexibility index (Phi) is 4.10. The molecule has 3 rings (SSSR count). The lowest BCUT2D eigenvalue weighted by molar-refractivity contribution is 0.352. The van der Waals surface area contributed by atoms with Gasteiger partial charge in [0, 0.05) is 28.7 Å². The van der Waals surface area contributed by atoms with E-state index in [0.29, 0.717) is 0 Å². The zero-order chi connectivity index (χ0) is 14.1. The molecule has 0 amide bonds. The zero-order valence-corrected chi connectivity index (χ0v) is 13.8. The van der Waals surface area contributed by atoms with Crippen molar-refractivity contribution in [3.8, 4) is 5.75 Å². The van der Waals surface area contributed by atoms with Gasteiger partial charge in [0.2, 0.25) is 0 Å². The lowest BCUT2D eigenvalue weighted by atomic mass is 9.99. The van der Waals surface area contributed by atoms with E-state index in [9.17, 15) is 0 Å². The minimum Gasteiger partial charge on any atom is -0.493 e. The molecular formula is C15H17BrN2OS. The minimum absolute atomic E-state index is 0.0686. The number of benzene rings is 1. The highest BCUT2D eigenvalue weighted by atomic mass is 79.9. The van der Waals surface area contributed by atoms with E-state index in [1.165, 1.54) is 11.1 Å². The molecule has 20 heavy (non-hydrogen) atoms. The Morgan fingerprint density at radius 2 is 2.30 bits per heavy atom. The van der Waals surface area contributed by atoms with Crippen LogP contribution in [-0.4, -0.2) is 17.6 Å². The Hall–Kier alpha value is -0.910. The molecule has 2 N–H and O–H groups in total. The van der Waals surface area contributed by atoms with Crippen LogP contribution in [0.1, 0.15) is 21.8 Å². The largest absolute Gasteiger partial charge is 0.493 e. The smallest absolute Gasteiger partial charge is 0.125 e. The summed E-state index contributed by atoms with van der Waals surface area (Å²) in [5.74, 6) is 1.04. The molecule has 5 heteroatoms. The van der Waals surface area contributed by atoms with Gasteiger partial charge in [0.15, 0.2) is 0 Å². The van der Waals surface area contributed by atoms with Gasteiger partial charge in [0.1, 0.15) is 5.75 Å². The number of nitrogens with zero attached hydrogens (tertiary/aromatic N) is 1. The van der Waals surface area contributed by atoms with Crippen LogP contribution in [0.5, 0.6) is 5.75 Å². The molecule has 0 spiro atoms. The van der Waals surface area contributed by atoms with Gasteiger partial charge < -0.3 is 10.5 Å². The maximum atomic E-state index is 6.28. The summed E-state index contributed by atoms with van der Waals surface area (Å²) in [6.07, 6.45) is 2.62. The van der Waals surface area contributed by atoms with Crippen LogP contribution in [0.4, 0.5) is 0 Å². The number of hydrogen-bond donors (Lipinski definition) is 1. The van der Waals surface area contributed by atoms with Crippen molar-refractivity contribution in [3.05, 3.63) is 43.8 Å². The lowest BCUT2D eigenvalue weighted by Gasteiger charge is -2.14. The van der Waals surface area contributed by atoms with Gasteiger partial charge >= 0.3 is 0 Å². The zero-order valence-electron chi connectivity index (χ0n) is 11.4. The van der Waals surface area contributed by atoms with E-state index >= 15 is 0 Å². The summed E-state index contributed by atoms with van der Waals surface area (Å²) < 4.78 is 6.85. The van der Waals surface area contributed by atoms with Crippen LogP contribution in [0, 0.1) is 6.92 Å². The van der Waals surface area contributed by atoms with Gasteiger partial charge in [-0.15, -0.1) is 11.3 Å². The van der Waals surface area contributed by atoms with Gasteiger partial charge in [0.05, 0.1) is 17.3 Å². The number of ether oxygens (including phenoxy) is 1. The molecule has 0 saturated carbocycles. The van der Waals surface area contributed by atoms with Crippen molar-refractivity contribution in [2.24, 2.45) is 5.73 Å². The van der Waals surface area contributed by atoms with E-state index in [1.54, 1.807) is 11.3 Å². The number of halogens is 1. The number of fused-ring (bicyclic) bond motifs is 1. The molecule has 0 saturated heterocycles. The SMILES string of the molecule is Cc1nc(CC(N)Cc2cc(Br)cc3c2OCC3)cs1. The fraction of sp³-hybridized carbons (Fsp3) is 0.400. The van der Waals surface area contributed by atoms with Crippen molar-refractivity contribution >= 4 is 27.3 Å². The maximum absolute atomic E-state index is 6.28. The standard InChI is InChI=1S/C15H17BrN2OS/c1-9-18-14(8-20-9)7-13(17)6-11-5-12(16)4-10-2-3-19-15(10)11/h4-5,8,13H,2-3,6-7,17H2,1H3. The van der Waals surface area contributed by atoms with Crippen LogP contribution in [0.3, 0.4) is 0 Å². The monoisotopic (exact) mass is 352 g/mol. The molecule has 0 bridgehead atoms. The topological polar surface area (TPSA) is 48.1 Å². The molecule has 1 aromatic heterocycles. The predicted molar refractivity (Wildman–Crippen MR) is 85.6 cm³/mol. The second-order valence-corrected chi connectivity index (χ2v) is 7.16. The molecule has 1 unspecified atom stereocenters. The molecule has 106 valence electrons. The maximum Gasteiger partial charge on any atom is 0.125 e. The molecule has 0 radical (unpaired) electrons. The van der Waals surface area contributed by atoms with Crippen molar-refractivity contribution in [1.29, 1.82) is 0 Å². The lowest BCUT2D eigenvalue weighted by Crippen LogP contribution is -2.26. The van der Waals surface area contributed by atoms with Crippen LogP contribution in [0.25, 0.3) is 0 Å². The summed E-state index contributed by atoms with van der Waals surface area (Å²) in [6, 6.07) is 4.33. The number of aryl methyl sites for hydroxylation is 1. The Morgan fingerprint density at radius 3 is 3.05 bits per heavy atom. The minimum atomic E-state index is 0.0686. The van der Waals surface area contributed by atoms with E-state index in [-0.39, 0.29) is 6.04 Å². The first-order chi connectivity index (χ1) is 9.61. The quantitative estimate of drug-likeness (QED) is 0.918. The normalized spacial score (nSPS) is 14.9. The molecule has 1 aromatic carbocycles. The third-order valence-electron chi connectivity index (χ3n) is 3.45. The molecule has 1 aliphatic rings. The number of thiazole rings is 1. The highest BCUT2D eigenvalue weighted by molar-refractivity contribution is 9.10. The van der Waals surface area contributed by atoms with Gasteiger partial charge in [-0.05, 0) is 36.6 Å². The van der Waals surface area contributed by atoms with E-state index in [1.807, 2.05) is 6.92 Å². The van der Waals surface area contributed by atoms with Crippen LogP contribution in [0.15, 0.2) is 22.0 Å². The molecule has 1 atom stereocenters. The summed E-state index contributed by atoms with van der Waals surface area (Å²) in [5, 5.41) is 3.19. The summed E-state index contributed by atoms with van der Waals surface area (Å²) in [5.41, 5.74) is 9.86. The molecule has 0 fully saturated rings. The third-order valence-corrected chi connectivity index (χ3v) is 4.73. The van der Waals surface area contributed by atoms with Gasteiger partial charge in [-0.1, -0.05) is 15.9 Å². The van der Waals surface area contributed by atoms with Crippen molar-refractivity contribution in [2.75, 3.05) is 6.61 Å². The molecule has 1 aliphatic heterocycles. The Bertz CT molecular complexity index is 626. The van der Waals surface area contributed by atoms with Crippen LogP contribution < -0.4 is 10.5 Å². The first kappa shape index (κ1) is 14.0. The second-order valence-electron chi connectivity index (χ2n) is 5.18. The van der Waals surface area contributed by atoms with Crippen molar-refractivity contribution in [1.82, 2.24) is 4.98 Å². The summed E-state index contributed by atoms with van der Waals surface area (Å²) in [6.45, 7) is 2.80. The highest BCUT2D eigenvalue weighted by Crippen LogP contribution is 2.33. The van der Waals surface area contributed by atoms with Crippen LogP contribution >= 0.6 is 27.3 Å². The van der Waals surface area contributed by atoms with Crippen molar-refractivity contribution in [2.45, 2.75) is 32.2 Å². The Labute approximate surface area is 131 Å². The number of nitrogens with two attached hydrogens (primary N) is 1. The van der Waals surface area contributed by atoms with E-state index in [0.717, 1.165) is 46.8 Å². The average Bonchev–Trinajstić information content (AvgIpc) is 2.98. The average molecular weight is 353 g/mol. The Morgan fingerprint density at radius 1 is 1.45 bits per heavy atom. The van der Waals surface area contributed by atoms with Gasteiger partial charge in [-0.3, -0.25) is 0 Å². The first-order valence-corrected chi connectivity index (χ1v) is 8.40. The van der Waals surface area contributed by atoms with Gasteiger partial charge in [-0.25, -0.2) is 4.98 Å². The fourth-order valence-electron chi connectivity index (χ4n) is 2.62. The first-order valence-electron chi connectivity index (χ1n) is 6.72. The predicted octanol–water partition coefficient (Wildman–Crippen LogP) is 3.26. The summed E-state index contributed by atoms with van der Waals surface area (Å²) in [4.78, 5) is 4.48. The number of hydrogen-bond acceptors (Lipinski definition) is 4. The molecule has 2 heterocycles. The van der Waals surface area contributed by atoms with Crippen molar-refractivity contribution < 1.29 is 4.74 Å². The number of rotatable bonds is 4. The number of aromatic nitrogens is 1. The van der Waals surface area contributed by atoms with Gasteiger partial charge in [0.25, 0.3) is 0 Å². The van der Waals surface area contributed by atoms with Crippen LogP contribution in [0.2, 0.25) is 0 Å².